The number of carboxylic acid groups (broad SMARTS) is 2. The minimum Gasteiger partial charge on any atom is -0.480 e. The number of rotatable bonds is 10. The van der Waals surface area contributed by atoms with Crippen molar-refractivity contribution in [1.82, 2.24) is 0 Å². The third-order valence-electron chi connectivity index (χ3n) is 2.95. The summed E-state index contributed by atoms with van der Waals surface area (Å²) in [6, 6.07) is -1.89. The van der Waals surface area contributed by atoms with Gasteiger partial charge in [-0.05, 0) is 37.5 Å². The Balaban J connectivity index is 4.60. The molecule has 6 heteroatoms. The minimum absolute atomic E-state index is 0.378. The molecule has 0 aliphatic carbocycles. The molecule has 0 aromatic heterocycles. The number of carboxylic acids is 2. The van der Waals surface area contributed by atoms with Gasteiger partial charge in [0.2, 0.25) is 0 Å². The molecule has 0 spiro atoms. The zero-order valence-corrected chi connectivity index (χ0v) is 12.7. The SMILES string of the molecule is CC(C)CCC(N=NC(CCC(C)C)C(=O)O)C(=O)O. The van der Waals surface area contributed by atoms with E-state index in [2.05, 4.69) is 10.2 Å². The molecular weight excluding hydrogens is 260 g/mol. The van der Waals surface area contributed by atoms with Gasteiger partial charge in [0.1, 0.15) is 0 Å². The molecule has 0 aliphatic heterocycles. The normalized spacial score (nSPS) is 14.9. The Kier molecular flexibility index (Phi) is 8.76. The fraction of sp³-hybridized carbons (Fsp3) is 0.857. The van der Waals surface area contributed by atoms with Crippen LogP contribution in [-0.2, 0) is 9.59 Å². The number of hydrogen-bond acceptors (Lipinski definition) is 4. The summed E-state index contributed by atoms with van der Waals surface area (Å²) in [5.74, 6) is -1.35. The van der Waals surface area contributed by atoms with Gasteiger partial charge in [0, 0.05) is 0 Å². The van der Waals surface area contributed by atoms with Crippen molar-refractivity contribution < 1.29 is 19.8 Å². The highest BCUT2D eigenvalue weighted by atomic mass is 16.4. The van der Waals surface area contributed by atoms with E-state index >= 15 is 0 Å². The topological polar surface area (TPSA) is 99.3 Å². The van der Waals surface area contributed by atoms with Crippen LogP contribution in [0.25, 0.3) is 0 Å². The minimum atomic E-state index is -1.05. The molecule has 0 aromatic rings. The molecule has 0 aliphatic rings. The highest BCUT2D eigenvalue weighted by molar-refractivity contribution is 5.74. The van der Waals surface area contributed by atoms with Crippen LogP contribution in [0.5, 0.6) is 0 Å². The van der Waals surface area contributed by atoms with Gasteiger partial charge in [-0.2, -0.15) is 10.2 Å². The summed E-state index contributed by atoms with van der Waals surface area (Å²) in [6.45, 7) is 8.00. The van der Waals surface area contributed by atoms with E-state index < -0.39 is 24.0 Å². The standard InChI is InChI=1S/C14H26N2O4/c1-9(2)5-7-11(13(17)18)15-16-12(14(19)20)8-6-10(3)4/h9-12H,5-8H2,1-4H3,(H,17,18)(H,19,20). The highest BCUT2D eigenvalue weighted by Gasteiger charge is 2.21. The summed E-state index contributed by atoms with van der Waals surface area (Å²) in [5.41, 5.74) is 0. The van der Waals surface area contributed by atoms with Gasteiger partial charge in [0.15, 0.2) is 12.1 Å². The molecule has 0 aromatic carbocycles. The second-order valence-electron chi connectivity index (χ2n) is 5.88. The summed E-state index contributed by atoms with van der Waals surface area (Å²) in [6.07, 6.45) is 2.21. The van der Waals surface area contributed by atoms with Crippen molar-refractivity contribution in [3.05, 3.63) is 0 Å². The first kappa shape index (κ1) is 18.5. The Morgan fingerprint density at radius 3 is 1.25 bits per heavy atom. The second-order valence-corrected chi connectivity index (χ2v) is 5.88. The van der Waals surface area contributed by atoms with Gasteiger partial charge >= 0.3 is 11.9 Å². The van der Waals surface area contributed by atoms with E-state index in [0.29, 0.717) is 24.7 Å². The molecule has 0 bridgehead atoms. The molecule has 2 atom stereocenters. The average molecular weight is 286 g/mol. The van der Waals surface area contributed by atoms with Gasteiger partial charge in [0.05, 0.1) is 0 Å². The maximum atomic E-state index is 11.1. The molecular formula is C14H26N2O4. The molecule has 0 rings (SSSR count). The molecule has 0 saturated carbocycles. The highest BCUT2D eigenvalue weighted by Crippen LogP contribution is 2.14. The molecule has 0 radical (unpaired) electrons. The summed E-state index contributed by atoms with van der Waals surface area (Å²) in [7, 11) is 0. The monoisotopic (exact) mass is 286 g/mol. The zero-order chi connectivity index (χ0) is 15.7. The number of azo groups is 1. The van der Waals surface area contributed by atoms with Gasteiger partial charge in [-0.1, -0.05) is 27.7 Å². The van der Waals surface area contributed by atoms with E-state index in [1.54, 1.807) is 0 Å². The summed E-state index contributed by atoms with van der Waals surface area (Å²) < 4.78 is 0. The lowest BCUT2D eigenvalue weighted by Gasteiger charge is -2.11. The quantitative estimate of drug-likeness (QED) is 0.602. The Bertz CT molecular complexity index is 308. The second kappa shape index (κ2) is 9.44. The van der Waals surface area contributed by atoms with Crippen LogP contribution >= 0.6 is 0 Å². The predicted molar refractivity (Wildman–Crippen MR) is 75.8 cm³/mol. The van der Waals surface area contributed by atoms with Gasteiger partial charge < -0.3 is 10.2 Å². The van der Waals surface area contributed by atoms with E-state index in [-0.39, 0.29) is 0 Å². The Morgan fingerprint density at radius 2 is 1.05 bits per heavy atom. The van der Waals surface area contributed by atoms with Gasteiger partial charge in [-0.15, -0.1) is 0 Å². The van der Waals surface area contributed by atoms with Gasteiger partial charge in [0.25, 0.3) is 0 Å². The number of aliphatic carboxylic acids is 2. The average Bonchev–Trinajstić information content (AvgIpc) is 2.30. The molecule has 2 N–H and O–H groups in total. The van der Waals surface area contributed by atoms with E-state index in [4.69, 9.17) is 10.2 Å². The Labute approximate surface area is 120 Å². The lowest BCUT2D eigenvalue weighted by Crippen LogP contribution is -2.22. The van der Waals surface area contributed by atoms with Crippen molar-refractivity contribution in [2.45, 2.75) is 65.5 Å². The van der Waals surface area contributed by atoms with Crippen molar-refractivity contribution in [2.24, 2.45) is 22.1 Å². The lowest BCUT2D eigenvalue weighted by atomic mass is 10.0. The molecule has 0 saturated heterocycles. The van der Waals surface area contributed by atoms with Crippen LogP contribution in [0, 0.1) is 11.8 Å². The zero-order valence-electron chi connectivity index (χ0n) is 12.7. The predicted octanol–water partition coefficient (Wildman–Crippen LogP) is 3.22. The van der Waals surface area contributed by atoms with Crippen molar-refractivity contribution in [3.8, 4) is 0 Å². The third-order valence-corrected chi connectivity index (χ3v) is 2.95. The molecule has 20 heavy (non-hydrogen) atoms. The van der Waals surface area contributed by atoms with E-state index in [1.807, 2.05) is 27.7 Å². The fourth-order valence-electron chi connectivity index (χ4n) is 1.60. The first-order valence-electron chi connectivity index (χ1n) is 7.09. The largest absolute Gasteiger partial charge is 0.480 e. The van der Waals surface area contributed by atoms with Crippen LogP contribution in [0.2, 0.25) is 0 Å². The maximum absolute atomic E-state index is 11.1. The van der Waals surface area contributed by atoms with Crippen molar-refractivity contribution in [1.29, 1.82) is 0 Å². The maximum Gasteiger partial charge on any atom is 0.330 e. The Hall–Kier alpha value is -1.46. The molecule has 0 heterocycles. The Morgan fingerprint density at radius 1 is 0.750 bits per heavy atom. The molecule has 0 amide bonds. The number of nitrogens with zero attached hydrogens (tertiary/aromatic N) is 2. The molecule has 116 valence electrons. The van der Waals surface area contributed by atoms with E-state index in [0.717, 1.165) is 12.8 Å². The van der Waals surface area contributed by atoms with Crippen LogP contribution < -0.4 is 0 Å². The number of hydrogen-bond donors (Lipinski definition) is 2. The first-order valence-corrected chi connectivity index (χ1v) is 7.09. The van der Waals surface area contributed by atoms with E-state index in [1.165, 1.54) is 0 Å². The van der Waals surface area contributed by atoms with Crippen LogP contribution in [0.15, 0.2) is 10.2 Å². The lowest BCUT2D eigenvalue weighted by molar-refractivity contribution is -0.140. The molecule has 2 unspecified atom stereocenters. The molecule has 0 fully saturated rings. The van der Waals surface area contributed by atoms with Crippen molar-refractivity contribution >= 4 is 11.9 Å². The summed E-state index contributed by atoms with van der Waals surface area (Å²) >= 11 is 0. The molecule has 6 nitrogen and oxygen atoms in total. The third kappa shape index (κ3) is 8.61. The first-order chi connectivity index (χ1) is 9.23. The van der Waals surface area contributed by atoms with Crippen molar-refractivity contribution in [2.75, 3.05) is 0 Å². The van der Waals surface area contributed by atoms with Crippen LogP contribution in [0.3, 0.4) is 0 Å². The number of carbonyl (C=O) groups is 2. The van der Waals surface area contributed by atoms with Crippen molar-refractivity contribution in [3.63, 3.8) is 0 Å². The van der Waals surface area contributed by atoms with Crippen LogP contribution in [-0.4, -0.2) is 34.2 Å². The van der Waals surface area contributed by atoms with Gasteiger partial charge in [-0.3, -0.25) is 0 Å². The summed E-state index contributed by atoms with van der Waals surface area (Å²) in [5, 5.41) is 25.6. The van der Waals surface area contributed by atoms with Crippen LogP contribution in [0.4, 0.5) is 0 Å². The van der Waals surface area contributed by atoms with Gasteiger partial charge in [-0.25, -0.2) is 9.59 Å². The summed E-state index contributed by atoms with van der Waals surface area (Å²) in [4.78, 5) is 22.1. The van der Waals surface area contributed by atoms with Crippen LogP contribution in [0.1, 0.15) is 53.4 Å². The fourth-order valence-corrected chi connectivity index (χ4v) is 1.60. The smallest absolute Gasteiger partial charge is 0.330 e. The van der Waals surface area contributed by atoms with E-state index in [9.17, 15) is 9.59 Å².